The van der Waals surface area contributed by atoms with Crippen LogP contribution < -0.4 is 0 Å². The van der Waals surface area contributed by atoms with Crippen molar-refractivity contribution < 1.29 is 0 Å². The van der Waals surface area contributed by atoms with Gasteiger partial charge in [0, 0.05) is 11.0 Å². The predicted octanol–water partition coefficient (Wildman–Crippen LogP) is 4.46. The highest BCUT2D eigenvalue weighted by Crippen LogP contribution is 2.44. The zero-order valence-electron chi connectivity index (χ0n) is 14.4. The maximum atomic E-state index is 4.80. The van der Waals surface area contributed by atoms with E-state index in [-0.39, 0.29) is 5.41 Å². The van der Waals surface area contributed by atoms with Gasteiger partial charge in [0.2, 0.25) is 0 Å². The van der Waals surface area contributed by atoms with Crippen molar-refractivity contribution in [3.8, 4) is 0 Å². The lowest BCUT2D eigenvalue weighted by Gasteiger charge is -2.35. The highest BCUT2D eigenvalue weighted by molar-refractivity contribution is 6.15. The zero-order chi connectivity index (χ0) is 17.4. The standard InChI is InChI=1S/C23H19N3/c1-3-7-18(8-4-1)23(19-9-5-2-6-10-19)12-11-20-17(13-23)14-25-22(20)21-15-24-16-26-21/h1-12,15-16H,13-14H2,(H,24,26). The third-order valence-electron chi connectivity index (χ3n) is 5.42. The first-order chi connectivity index (χ1) is 12.9. The van der Waals surface area contributed by atoms with E-state index in [1.54, 1.807) is 6.33 Å². The van der Waals surface area contributed by atoms with Crippen molar-refractivity contribution in [3.63, 3.8) is 0 Å². The summed E-state index contributed by atoms with van der Waals surface area (Å²) in [5.41, 5.74) is 7.17. The fraction of sp³-hybridized carbons (Fsp3) is 0.130. The van der Waals surface area contributed by atoms with Gasteiger partial charge in [-0.3, -0.25) is 4.99 Å². The zero-order valence-corrected chi connectivity index (χ0v) is 14.4. The Balaban J connectivity index is 1.61. The Morgan fingerprint density at radius 2 is 1.58 bits per heavy atom. The van der Waals surface area contributed by atoms with E-state index < -0.39 is 0 Å². The van der Waals surface area contributed by atoms with Gasteiger partial charge in [-0.05, 0) is 23.1 Å². The molecule has 0 fully saturated rings. The van der Waals surface area contributed by atoms with Gasteiger partial charge in [-0.15, -0.1) is 0 Å². The van der Waals surface area contributed by atoms with Gasteiger partial charge < -0.3 is 4.98 Å². The number of aromatic amines is 1. The molecule has 1 N–H and O–H groups in total. The molecule has 0 spiro atoms. The van der Waals surface area contributed by atoms with Crippen LogP contribution in [0.15, 0.2) is 101 Å². The molecule has 1 aliphatic carbocycles. The van der Waals surface area contributed by atoms with E-state index in [9.17, 15) is 0 Å². The maximum Gasteiger partial charge on any atom is 0.0924 e. The average Bonchev–Trinajstić information content (AvgIpc) is 3.38. The fourth-order valence-electron chi connectivity index (χ4n) is 4.13. The van der Waals surface area contributed by atoms with Gasteiger partial charge in [0.25, 0.3) is 0 Å². The number of imidazole rings is 1. The molecule has 3 aromatic rings. The van der Waals surface area contributed by atoms with Gasteiger partial charge >= 0.3 is 0 Å². The molecule has 3 nitrogen and oxygen atoms in total. The summed E-state index contributed by atoms with van der Waals surface area (Å²) in [6, 6.07) is 21.6. The van der Waals surface area contributed by atoms with Crippen molar-refractivity contribution in [2.75, 3.05) is 6.54 Å². The summed E-state index contributed by atoms with van der Waals surface area (Å²) in [6.45, 7) is 0.759. The summed E-state index contributed by atoms with van der Waals surface area (Å²) >= 11 is 0. The molecular weight excluding hydrogens is 318 g/mol. The first-order valence-electron chi connectivity index (χ1n) is 8.93. The first-order valence-corrected chi connectivity index (χ1v) is 8.93. The van der Waals surface area contributed by atoms with Gasteiger partial charge in [0.05, 0.1) is 30.5 Å². The Morgan fingerprint density at radius 3 is 2.19 bits per heavy atom. The molecule has 2 heterocycles. The van der Waals surface area contributed by atoms with Crippen LogP contribution in [0.1, 0.15) is 23.2 Å². The minimum Gasteiger partial charge on any atom is -0.343 e. The van der Waals surface area contributed by atoms with E-state index >= 15 is 0 Å². The van der Waals surface area contributed by atoms with Crippen LogP contribution in [-0.2, 0) is 5.41 Å². The molecule has 1 aliphatic heterocycles. The van der Waals surface area contributed by atoms with E-state index in [2.05, 4.69) is 82.8 Å². The molecular formula is C23H19N3. The Labute approximate surface area is 152 Å². The van der Waals surface area contributed by atoms with E-state index in [0.29, 0.717) is 0 Å². The van der Waals surface area contributed by atoms with Crippen LogP contribution in [0.5, 0.6) is 0 Å². The van der Waals surface area contributed by atoms with Crippen molar-refractivity contribution in [1.29, 1.82) is 0 Å². The second kappa shape index (κ2) is 5.95. The van der Waals surface area contributed by atoms with Crippen molar-refractivity contribution >= 4 is 5.71 Å². The summed E-state index contributed by atoms with van der Waals surface area (Å²) in [5, 5.41) is 0. The van der Waals surface area contributed by atoms with E-state index in [1.807, 2.05) is 6.20 Å². The molecule has 0 saturated carbocycles. The van der Waals surface area contributed by atoms with Crippen LogP contribution in [-0.4, -0.2) is 22.2 Å². The minimum absolute atomic E-state index is 0.139. The van der Waals surface area contributed by atoms with Gasteiger partial charge in [0.1, 0.15) is 0 Å². The highest BCUT2D eigenvalue weighted by atomic mass is 14.9. The lowest BCUT2D eigenvalue weighted by Crippen LogP contribution is -2.29. The SMILES string of the molecule is C1=CC(c2ccccc2)(c2ccccc2)CC2=C1C(c1cnc[nH]1)=NC2. The van der Waals surface area contributed by atoms with Crippen LogP contribution in [0.2, 0.25) is 0 Å². The number of nitrogens with zero attached hydrogens (tertiary/aromatic N) is 2. The van der Waals surface area contributed by atoms with Crippen molar-refractivity contribution in [3.05, 3.63) is 113 Å². The van der Waals surface area contributed by atoms with Crippen LogP contribution in [0, 0.1) is 0 Å². The number of aromatic nitrogens is 2. The summed E-state index contributed by atoms with van der Waals surface area (Å²) < 4.78 is 0. The lowest BCUT2D eigenvalue weighted by molar-refractivity contribution is 0.620. The van der Waals surface area contributed by atoms with Gasteiger partial charge in [-0.1, -0.05) is 72.8 Å². The summed E-state index contributed by atoms with van der Waals surface area (Å²) in [7, 11) is 0. The second-order valence-electron chi connectivity index (χ2n) is 6.86. The summed E-state index contributed by atoms with van der Waals surface area (Å²) in [5.74, 6) is 0. The molecule has 126 valence electrons. The maximum absolute atomic E-state index is 4.80. The Bertz CT molecular complexity index is 970. The number of allylic oxidation sites excluding steroid dienone is 3. The van der Waals surface area contributed by atoms with E-state index in [0.717, 1.165) is 24.4 Å². The second-order valence-corrected chi connectivity index (χ2v) is 6.86. The Hall–Kier alpha value is -3.20. The molecule has 1 aromatic heterocycles. The van der Waals surface area contributed by atoms with Crippen LogP contribution >= 0.6 is 0 Å². The molecule has 26 heavy (non-hydrogen) atoms. The molecule has 0 amide bonds. The number of hydrogen-bond acceptors (Lipinski definition) is 2. The predicted molar refractivity (Wildman–Crippen MR) is 104 cm³/mol. The number of nitrogens with one attached hydrogen (secondary N) is 1. The van der Waals surface area contributed by atoms with Crippen LogP contribution in [0.4, 0.5) is 0 Å². The number of H-pyrrole nitrogens is 1. The molecule has 0 radical (unpaired) electrons. The fourth-order valence-corrected chi connectivity index (χ4v) is 4.13. The van der Waals surface area contributed by atoms with Gasteiger partial charge in [-0.25, -0.2) is 4.98 Å². The third-order valence-corrected chi connectivity index (χ3v) is 5.42. The molecule has 0 saturated heterocycles. The molecule has 5 rings (SSSR count). The third kappa shape index (κ3) is 2.28. The molecule has 3 heteroatoms. The molecule has 0 bridgehead atoms. The number of rotatable bonds is 3. The Morgan fingerprint density at radius 1 is 0.885 bits per heavy atom. The highest BCUT2D eigenvalue weighted by Gasteiger charge is 2.37. The van der Waals surface area contributed by atoms with Gasteiger partial charge in [-0.2, -0.15) is 0 Å². The normalized spacial score (nSPS) is 17.9. The van der Waals surface area contributed by atoms with Gasteiger partial charge in [0.15, 0.2) is 0 Å². The monoisotopic (exact) mass is 337 g/mol. The molecule has 2 aromatic carbocycles. The molecule has 2 aliphatic rings. The van der Waals surface area contributed by atoms with E-state index in [1.165, 1.54) is 22.3 Å². The number of benzene rings is 2. The minimum atomic E-state index is -0.139. The quantitative estimate of drug-likeness (QED) is 0.753. The first kappa shape index (κ1) is 15.1. The van der Waals surface area contributed by atoms with Crippen molar-refractivity contribution in [2.24, 2.45) is 4.99 Å². The topological polar surface area (TPSA) is 41.0 Å². The van der Waals surface area contributed by atoms with E-state index in [4.69, 9.17) is 4.99 Å². The summed E-state index contributed by atoms with van der Waals surface area (Å²) in [4.78, 5) is 12.1. The summed E-state index contributed by atoms with van der Waals surface area (Å²) in [6.07, 6.45) is 9.12. The molecule has 0 unspecified atom stereocenters. The average molecular weight is 337 g/mol. The number of aliphatic imine (C=N–C) groups is 1. The molecule has 0 atom stereocenters. The van der Waals surface area contributed by atoms with Crippen LogP contribution in [0.25, 0.3) is 0 Å². The largest absolute Gasteiger partial charge is 0.343 e. The van der Waals surface area contributed by atoms with Crippen molar-refractivity contribution in [1.82, 2.24) is 9.97 Å². The lowest BCUT2D eigenvalue weighted by atomic mass is 9.67. The van der Waals surface area contributed by atoms with Crippen LogP contribution in [0.3, 0.4) is 0 Å². The number of hydrogen-bond donors (Lipinski definition) is 1. The smallest absolute Gasteiger partial charge is 0.0924 e. The Kier molecular flexibility index (Phi) is 3.45. The van der Waals surface area contributed by atoms with Crippen molar-refractivity contribution in [2.45, 2.75) is 11.8 Å².